The second-order valence-corrected chi connectivity index (χ2v) is 6.30. The largest absolute Gasteiger partial charge is 0.478 e. The number of aromatic nitrogens is 1. The molecule has 104 valence electrons. The van der Waals surface area contributed by atoms with Crippen molar-refractivity contribution in [1.82, 2.24) is 4.98 Å². The Morgan fingerprint density at radius 2 is 2.35 bits per heavy atom. The molecule has 1 aliphatic heterocycles. The average Bonchev–Trinajstić information content (AvgIpc) is 2.84. The number of nitrogens with zero attached hydrogens (tertiary/aromatic N) is 2. The predicted molar refractivity (Wildman–Crippen MR) is 79.6 cm³/mol. The average molecular weight is 288 g/mol. The molecule has 0 unspecified atom stereocenters. The molecule has 1 aromatic heterocycles. The highest BCUT2D eigenvalue weighted by Crippen LogP contribution is 2.31. The van der Waals surface area contributed by atoms with Crippen molar-refractivity contribution in [3.8, 4) is 0 Å². The molecule has 4 nitrogen and oxygen atoms in total. The lowest BCUT2D eigenvalue weighted by Gasteiger charge is -2.31. The molecule has 5 heteroatoms. The van der Waals surface area contributed by atoms with Gasteiger partial charge in [-0.15, -0.1) is 11.3 Å². The Morgan fingerprint density at radius 1 is 1.50 bits per heavy atom. The molecule has 1 aliphatic rings. The smallest absolute Gasteiger partial charge is 0.336 e. The van der Waals surface area contributed by atoms with E-state index in [-0.39, 0.29) is 0 Å². The van der Waals surface area contributed by atoms with Gasteiger partial charge in [0.25, 0.3) is 0 Å². The second-order valence-electron chi connectivity index (χ2n) is 4.98. The quantitative estimate of drug-likeness (QED) is 0.943. The molecule has 1 aromatic carbocycles. The van der Waals surface area contributed by atoms with E-state index in [1.807, 2.05) is 25.3 Å². The van der Waals surface area contributed by atoms with Gasteiger partial charge in [0.1, 0.15) is 0 Å². The van der Waals surface area contributed by atoms with Crippen LogP contribution in [-0.2, 0) is 13.0 Å². The van der Waals surface area contributed by atoms with E-state index in [2.05, 4.69) is 9.88 Å². The van der Waals surface area contributed by atoms with E-state index in [1.165, 1.54) is 4.88 Å². The number of carboxylic acid groups (broad SMARTS) is 1. The summed E-state index contributed by atoms with van der Waals surface area (Å²) in [6.07, 6.45) is 3.75. The number of anilines is 1. The normalized spacial score (nSPS) is 14.2. The summed E-state index contributed by atoms with van der Waals surface area (Å²) in [5, 5.41) is 10.4. The number of aromatic carboxylic acids is 1. The number of fused-ring (bicyclic) bond motifs is 1. The van der Waals surface area contributed by atoms with Crippen LogP contribution in [0.25, 0.3) is 0 Å². The van der Waals surface area contributed by atoms with Crippen LogP contribution in [-0.4, -0.2) is 22.6 Å². The van der Waals surface area contributed by atoms with Crippen LogP contribution in [0.15, 0.2) is 24.4 Å². The Bertz CT molecular complexity index is 651. The van der Waals surface area contributed by atoms with E-state index in [4.69, 9.17) is 0 Å². The molecule has 0 spiro atoms. The number of rotatable bonds is 3. The number of hydrogen-bond acceptors (Lipinski definition) is 4. The summed E-state index contributed by atoms with van der Waals surface area (Å²) in [4.78, 5) is 19.1. The highest BCUT2D eigenvalue weighted by molar-refractivity contribution is 7.11. The topological polar surface area (TPSA) is 53.4 Å². The first kappa shape index (κ1) is 13.1. The van der Waals surface area contributed by atoms with E-state index in [1.54, 1.807) is 17.4 Å². The highest BCUT2D eigenvalue weighted by atomic mass is 32.1. The minimum atomic E-state index is -0.836. The van der Waals surface area contributed by atoms with Crippen molar-refractivity contribution in [3.05, 3.63) is 45.4 Å². The molecule has 20 heavy (non-hydrogen) atoms. The SMILES string of the molecule is Cc1ncc(CN2CCCc3c(C(=O)O)cccc32)s1. The molecule has 2 aromatic rings. The number of carboxylic acids is 1. The molecule has 0 aliphatic carbocycles. The second kappa shape index (κ2) is 5.25. The summed E-state index contributed by atoms with van der Waals surface area (Å²) >= 11 is 1.70. The molecule has 0 fully saturated rings. The van der Waals surface area contributed by atoms with Crippen molar-refractivity contribution in [1.29, 1.82) is 0 Å². The van der Waals surface area contributed by atoms with Gasteiger partial charge in [-0.25, -0.2) is 9.78 Å². The zero-order valence-corrected chi connectivity index (χ0v) is 12.1. The van der Waals surface area contributed by atoms with Gasteiger partial charge < -0.3 is 10.0 Å². The predicted octanol–water partition coefficient (Wildman–Crippen LogP) is 3.10. The molecule has 0 bridgehead atoms. The Morgan fingerprint density at radius 3 is 3.05 bits per heavy atom. The van der Waals surface area contributed by atoms with Crippen LogP contribution in [0.5, 0.6) is 0 Å². The molecule has 1 N–H and O–H groups in total. The maximum atomic E-state index is 11.3. The number of carbonyl (C=O) groups is 1. The first-order valence-electron chi connectivity index (χ1n) is 6.66. The van der Waals surface area contributed by atoms with Gasteiger partial charge in [0.15, 0.2) is 0 Å². The molecule has 3 rings (SSSR count). The lowest BCUT2D eigenvalue weighted by molar-refractivity contribution is 0.0695. The minimum Gasteiger partial charge on any atom is -0.478 e. The molecule has 0 amide bonds. The third-order valence-electron chi connectivity index (χ3n) is 3.59. The first-order chi connectivity index (χ1) is 9.65. The van der Waals surface area contributed by atoms with E-state index in [0.29, 0.717) is 5.56 Å². The van der Waals surface area contributed by atoms with Crippen LogP contribution in [0.1, 0.15) is 32.2 Å². The molecule has 0 saturated carbocycles. The summed E-state index contributed by atoms with van der Waals surface area (Å²) in [7, 11) is 0. The molecular formula is C15H16N2O2S. The van der Waals surface area contributed by atoms with E-state index < -0.39 is 5.97 Å². The van der Waals surface area contributed by atoms with Gasteiger partial charge in [0, 0.05) is 23.3 Å². The molecule has 0 radical (unpaired) electrons. The zero-order chi connectivity index (χ0) is 14.1. The number of aryl methyl sites for hydroxylation is 1. The van der Waals surface area contributed by atoms with Crippen molar-refractivity contribution >= 4 is 23.0 Å². The Labute approximate surface area is 121 Å². The molecule has 0 saturated heterocycles. The van der Waals surface area contributed by atoms with Gasteiger partial charge in [0.05, 0.1) is 17.1 Å². The van der Waals surface area contributed by atoms with Crippen molar-refractivity contribution in [3.63, 3.8) is 0 Å². The highest BCUT2D eigenvalue weighted by Gasteiger charge is 2.22. The summed E-state index contributed by atoms with van der Waals surface area (Å²) in [5.74, 6) is -0.836. The Kier molecular flexibility index (Phi) is 3.44. The standard InChI is InChI=1S/C15H16N2O2S/c1-10-16-8-11(20-10)9-17-7-3-5-12-13(15(18)19)4-2-6-14(12)17/h2,4,6,8H,3,5,7,9H2,1H3,(H,18,19). The maximum Gasteiger partial charge on any atom is 0.336 e. The summed E-state index contributed by atoms with van der Waals surface area (Å²) in [5.41, 5.74) is 2.46. The fourth-order valence-corrected chi connectivity index (χ4v) is 3.54. The monoisotopic (exact) mass is 288 g/mol. The lowest BCUT2D eigenvalue weighted by atomic mass is 9.96. The fourth-order valence-electron chi connectivity index (χ4n) is 2.73. The van der Waals surface area contributed by atoms with Crippen molar-refractivity contribution in [2.75, 3.05) is 11.4 Å². The molecular weight excluding hydrogens is 272 g/mol. The number of benzene rings is 1. The van der Waals surface area contributed by atoms with Crippen molar-refractivity contribution < 1.29 is 9.90 Å². The summed E-state index contributed by atoms with van der Waals surface area (Å²) in [6, 6.07) is 5.55. The number of thiazole rings is 1. The van der Waals surface area contributed by atoms with E-state index in [9.17, 15) is 9.90 Å². The van der Waals surface area contributed by atoms with Gasteiger partial charge in [-0.2, -0.15) is 0 Å². The van der Waals surface area contributed by atoms with Crippen LogP contribution >= 0.6 is 11.3 Å². The molecule has 0 atom stereocenters. The van der Waals surface area contributed by atoms with Crippen molar-refractivity contribution in [2.45, 2.75) is 26.3 Å². The fraction of sp³-hybridized carbons (Fsp3) is 0.333. The van der Waals surface area contributed by atoms with E-state index in [0.717, 1.165) is 42.2 Å². The van der Waals surface area contributed by atoms with Gasteiger partial charge in [-0.3, -0.25) is 0 Å². The molecule has 2 heterocycles. The van der Waals surface area contributed by atoms with Gasteiger partial charge in [0.2, 0.25) is 0 Å². The number of hydrogen-bond donors (Lipinski definition) is 1. The van der Waals surface area contributed by atoms with Crippen LogP contribution in [0.4, 0.5) is 5.69 Å². The third-order valence-corrected chi connectivity index (χ3v) is 4.49. The Balaban J connectivity index is 1.94. The minimum absolute atomic E-state index is 0.438. The Hall–Kier alpha value is -1.88. The van der Waals surface area contributed by atoms with E-state index >= 15 is 0 Å². The van der Waals surface area contributed by atoms with Crippen LogP contribution in [0.3, 0.4) is 0 Å². The van der Waals surface area contributed by atoms with Crippen LogP contribution in [0.2, 0.25) is 0 Å². The van der Waals surface area contributed by atoms with Crippen molar-refractivity contribution in [2.24, 2.45) is 0 Å². The van der Waals surface area contributed by atoms with Crippen LogP contribution < -0.4 is 4.90 Å². The zero-order valence-electron chi connectivity index (χ0n) is 11.3. The third kappa shape index (κ3) is 2.41. The van der Waals surface area contributed by atoms with Gasteiger partial charge in [-0.1, -0.05) is 6.07 Å². The van der Waals surface area contributed by atoms with Gasteiger partial charge in [-0.05, 0) is 37.5 Å². The lowest BCUT2D eigenvalue weighted by Crippen LogP contribution is -2.29. The summed E-state index contributed by atoms with van der Waals surface area (Å²) < 4.78 is 0. The summed E-state index contributed by atoms with van der Waals surface area (Å²) in [6.45, 7) is 3.77. The first-order valence-corrected chi connectivity index (χ1v) is 7.48. The van der Waals surface area contributed by atoms with Crippen LogP contribution in [0, 0.1) is 6.92 Å². The van der Waals surface area contributed by atoms with Gasteiger partial charge >= 0.3 is 5.97 Å². The maximum absolute atomic E-state index is 11.3.